The number of carbonyl (C=O) groups excluding carboxylic acids is 1. The van der Waals surface area contributed by atoms with Gasteiger partial charge in [-0.1, -0.05) is 0 Å². The Balaban J connectivity index is 2.66. The molecule has 1 atom stereocenters. The minimum Gasteiger partial charge on any atom is -0.589 e. The van der Waals surface area contributed by atoms with Crippen molar-refractivity contribution in [3.05, 3.63) is 22.8 Å². The normalized spacial score (nSPS) is 12.0. The van der Waals surface area contributed by atoms with E-state index in [1.807, 2.05) is 0 Å². The minimum atomic E-state index is -1.97. The van der Waals surface area contributed by atoms with Gasteiger partial charge in [-0.2, -0.15) is 0 Å². The second kappa shape index (κ2) is 5.26. The van der Waals surface area contributed by atoms with E-state index in [0.29, 0.717) is 0 Å². The van der Waals surface area contributed by atoms with Crippen LogP contribution in [-0.4, -0.2) is 28.8 Å². The van der Waals surface area contributed by atoms with Gasteiger partial charge >= 0.3 is 5.97 Å². The number of rotatable bonds is 3. The summed E-state index contributed by atoms with van der Waals surface area (Å²) in [5.41, 5.74) is 0. The Bertz CT molecular complexity index is 677. The van der Waals surface area contributed by atoms with Gasteiger partial charge < -0.3 is 19.1 Å². The first-order valence-corrected chi connectivity index (χ1v) is 6.95. The molecule has 7 heteroatoms. The van der Waals surface area contributed by atoms with E-state index < -0.39 is 34.4 Å². The summed E-state index contributed by atoms with van der Waals surface area (Å²) in [4.78, 5) is 11.5. The van der Waals surface area contributed by atoms with E-state index in [4.69, 9.17) is 9.47 Å². The number of thiophene rings is 1. The largest absolute Gasteiger partial charge is 0.589 e. The molecule has 0 bridgehead atoms. The maximum absolute atomic E-state index is 13.6. The molecule has 2 rings (SSSR count). The lowest BCUT2D eigenvalue weighted by Gasteiger charge is -2.05. The van der Waals surface area contributed by atoms with E-state index in [1.165, 1.54) is 13.2 Å². The van der Waals surface area contributed by atoms with Gasteiger partial charge in [-0.05, 0) is 30.7 Å². The summed E-state index contributed by atoms with van der Waals surface area (Å²) in [7, 11) is -0.704. The molecule has 0 aliphatic rings. The standard InChI is InChI=1S/C13H13FO5S/c1-6(2)19-13(16)12-11(15)7-4-9(18-3)8(14)5-10(7)20(12)17/h4-6,15H,1-3H3. The monoisotopic (exact) mass is 300 g/mol. The van der Waals surface area contributed by atoms with Crippen molar-refractivity contribution >= 4 is 26.8 Å². The molecule has 1 aromatic carbocycles. The fourth-order valence-corrected chi connectivity index (χ4v) is 3.06. The van der Waals surface area contributed by atoms with Gasteiger partial charge in [0, 0.05) is 6.07 Å². The molecular weight excluding hydrogens is 287 g/mol. The number of aromatic hydroxyl groups is 1. The second-order valence-corrected chi connectivity index (χ2v) is 5.77. The number of halogens is 1. The number of carbonyl (C=O) groups is 1. The number of ether oxygens (including phenoxy) is 2. The first kappa shape index (κ1) is 14.5. The van der Waals surface area contributed by atoms with Crippen LogP contribution in [0.2, 0.25) is 0 Å². The van der Waals surface area contributed by atoms with Gasteiger partial charge in [0.25, 0.3) is 4.88 Å². The van der Waals surface area contributed by atoms with Gasteiger partial charge in [0.1, 0.15) is 0 Å². The van der Waals surface area contributed by atoms with Crippen molar-refractivity contribution < 1.29 is 28.3 Å². The molecule has 0 saturated carbocycles. The molecule has 0 fully saturated rings. The molecule has 0 aliphatic heterocycles. The average molecular weight is 300 g/mol. The van der Waals surface area contributed by atoms with Crippen molar-refractivity contribution in [2.45, 2.75) is 20.0 Å². The summed E-state index contributed by atoms with van der Waals surface area (Å²) < 4.78 is 35.5. The smallest absolute Gasteiger partial charge is 0.396 e. The Kier molecular flexibility index (Phi) is 3.82. The average Bonchev–Trinajstić information content (AvgIpc) is 2.59. The van der Waals surface area contributed by atoms with Crippen LogP contribution in [0.3, 0.4) is 0 Å². The zero-order valence-corrected chi connectivity index (χ0v) is 11.9. The summed E-state index contributed by atoms with van der Waals surface area (Å²) in [6.45, 7) is 3.26. The lowest BCUT2D eigenvalue weighted by molar-refractivity contribution is 0.0380. The first-order chi connectivity index (χ1) is 9.36. The summed E-state index contributed by atoms with van der Waals surface area (Å²) in [6.07, 6.45) is -0.421. The molecule has 108 valence electrons. The maximum atomic E-state index is 13.6. The number of fused-ring (bicyclic) bond motifs is 1. The SMILES string of the molecule is COc1cc2c(O)c(C(=O)OC(C)C)[s+]([O-])c2cc1F. The van der Waals surface area contributed by atoms with E-state index in [-0.39, 0.29) is 20.7 Å². The Hall–Kier alpha value is -1.86. The molecule has 2 aromatic rings. The zero-order chi connectivity index (χ0) is 15.0. The Labute approximate surface area is 117 Å². The van der Waals surface area contributed by atoms with Crippen LogP contribution < -0.4 is 4.74 Å². The van der Waals surface area contributed by atoms with Crippen LogP contribution in [0.5, 0.6) is 11.5 Å². The van der Waals surface area contributed by atoms with Crippen molar-refractivity contribution in [1.82, 2.24) is 0 Å². The predicted octanol–water partition coefficient (Wildman–Crippen LogP) is 2.99. The van der Waals surface area contributed by atoms with Gasteiger partial charge in [0.15, 0.2) is 22.0 Å². The summed E-state index contributed by atoms with van der Waals surface area (Å²) >= 11 is 0. The van der Waals surface area contributed by atoms with Crippen molar-refractivity contribution in [3.63, 3.8) is 0 Å². The van der Waals surface area contributed by atoms with Crippen molar-refractivity contribution in [1.29, 1.82) is 0 Å². The number of hydrogen-bond acceptors (Lipinski definition) is 5. The molecular formula is C13H13FO5S. The molecule has 1 unspecified atom stereocenters. The molecule has 0 saturated heterocycles. The lowest BCUT2D eigenvalue weighted by Crippen LogP contribution is -2.10. The topological polar surface area (TPSA) is 78.8 Å². The molecule has 1 aromatic heterocycles. The molecule has 5 nitrogen and oxygen atoms in total. The predicted molar refractivity (Wildman–Crippen MR) is 71.3 cm³/mol. The van der Waals surface area contributed by atoms with Gasteiger partial charge in [-0.3, -0.25) is 0 Å². The Morgan fingerprint density at radius 1 is 1.45 bits per heavy atom. The highest BCUT2D eigenvalue weighted by atomic mass is 32.2. The van der Waals surface area contributed by atoms with Crippen molar-refractivity contribution in [3.8, 4) is 11.5 Å². The van der Waals surface area contributed by atoms with Crippen LogP contribution in [0.25, 0.3) is 10.1 Å². The summed E-state index contributed by atoms with van der Waals surface area (Å²) in [5.74, 6) is -2.18. The number of hydrogen-bond donors (Lipinski definition) is 1. The van der Waals surface area contributed by atoms with E-state index >= 15 is 0 Å². The minimum absolute atomic E-state index is 0.0245. The molecule has 0 aliphatic carbocycles. The molecule has 0 amide bonds. The van der Waals surface area contributed by atoms with Gasteiger partial charge in [0.05, 0.1) is 18.6 Å². The lowest BCUT2D eigenvalue weighted by atomic mass is 10.2. The van der Waals surface area contributed by atoms with Gasteiger partial charge in [-0.25, -0.2) is 9.18 Å². The summed E-state index contributed by atoms with van der Waals surface area (Å²) in [5, 5.41) is 10.1. The maximum Gasteiger partial charge on any atom is 0.396 e. The molecule has 0 radical (unpaired) electrons. The number of benzene rings is 1. The fourth-order valence-electron chi connectivity index (χ4n) is 1.79. The highest BCUT2D eigenvalue weighted by Crippen LogP contribution is 2.45. The quantitative estimate of drug-likeness (QED) is 0.696. The Morgan fingerprint density at radius 2 is 2.10 bits per heavy atom. The van der Waals surface area contributed by atoms with Crippen molar-refractivity contribution in [2.24, 2.45) is 0 Å². The third kappa shape index (κ3) is 2.30. The van der Waals surface area contributed by atoms with Crippen LogP contribution in [0.15, 0.2) is 12.1 Å². The van der Waals surface area contributed by atoms with Crippen LogP contribution in [0, 0.1) is 5.82 Å². The Morgan fingerprint density at radius 3 is 2.65 bits per heavy atom. The third-order valence-electron chi connectivity index (χ3n) is 2.64. The second-order valence-electron chi connectivity index (χ2n) is 4.38. The van der Waals surface area contributed by atoms with Crippen LogP contribution >= 0.6 is 10.8 Å². The van der Waals surface area contributed by atoms with Crippen molar-refractivity contribution in [2.75, 3.05) is 7.11 Å². The zero-order valence-electron chi connectivity index (χ0n) is 11.1. The van der Waals surface area contributed by atoms with E-state index in [1.54, 1.807) is 13.8 Å². The van der Waals surface area contributed by atoms with Gasteiger partial charge in [-0.15, -0.1) is 0 Å². The van der Waals surface area contributed by atoms with E-state index in [2.05, 4.69) is 0 Å². The highest BCUT2D eigenvalue weighted by Gasteiger charge is 2.31. The van der Waals surface area contributed by atoms with Crippen LogP contribution in [-0.2, 0) is 4.74 Å². The van der Waals surface area contributed by atoms with Crippen LogP contribution in [0.1, 0.15) is 23.5 Å². The molecule has 0 spiro atoms. The van der Waals surface area contributed by atoms with Gasteiger partial charge in [0.2, 0.25) is 0 Å². The fraction of sp³-hybridized carbons (Fsp3) is 0.308. The van der Waals surface area contributed by atoms with E-state index in [9.17, 15) is 18.8 Å². The summed E-state index contributed by atoms with van der Waals surface area (Å²) in [6, 6.07) is 2.18. The number of esters is 1. The third-order valence-corrected chi connectivity index (χ3v) is 4.11. The van der Waals surface area contributed by atoms with E-state index in [0.717, 1.165) is 6.07 Å². The highest BCUT2D eigenvalue weighted by molar-refractivity contribution is 7.33. The van der Waals surface area contributed by atoms with Crippen LogP contribution in [0.4, 0.5) is 4.39 Å². The first-order valence-electron chi connectivity index (χ1n) is 5.80. The molecule has 1 heterocycles. The molecule has 20 heavy (non-hydrogen) atoms. The number of methoxy groups -OCH3 is 1. The molecule has 1 N–H and O–H groups in total.